The molecule has 6 heteroatoms. The van der Waals surface area contributed by atoms with Gasteiger partial charge in [0, 0.05) is 45.9 Å². The Bertz CT molecular complexity index is 318. The first-order valence-electron chi connectivity index (χ1n) is 7.70. The Hall–Kier alpha value is -0.850. The lowest BCUT2D eigenvalue weighted by Gasteiger charge is -2.24. The summed E-state index contributed by atoms with van der Waals surface area (Å²) < 4.78 is 10.4. The van der Waals surface area contributed by atoms with Crippen LogP contribution in [0.1, 0.15) is 27.2 Å². The van der Waals surface area contributed by atoms with Crippen LogP contribution in [0.2, 0.25) is 0 Å². The van der Waals surface area contributed by atoms with Gasteiger partial charge in [0.2, 0.25) is 0 Å². The van der Waals surface area contributed by atoms with Gasteiger partial charge in [0.25, 0.3) is 0 Å². The number of carbonyl (C=O) groups is 1. The van der Waals surface area contributed by atoms with Crippen LogP contribution in [0, 0.1) is 0 Å². The molecule has 6 nitrogen and oxygen atoms in total. The fourth-order valence-electron chi connectivity index (χ4n) is 2.24. The molecule has 1 fully saturated rings. The van der Waals surface area contributed by atoms with Crippen molar-refractivity contribution < 1.29 is 14.3 Å². The molecule has 21 heavy (non-hydrogen) atoms. The summed E-state index contributed by atoms with van der Waals surface area (Å²) in [4.78, 5) is 16.0. The van der Waals surface area contributed by atoms with E-state index in [0.29, 0.717) is 6.04 Å². The smallest absolute Gasteiger partial charge is 0.410 e. The Morgan fingerprint density at radius 1 is 1.38 bits per heavy atom. The molecule has 1 heterocycles. The Balaban J connectivity index is 2.18. The molecule has 0 radical (unpaired) electrons. The molecule has 1 amide bonds. The van der Waals surface area contributed by atoms with E-state index < -0.39 is 5.60 Å². The van der Waals surface area contributed by atoms with E-state index in [1.54, 1.807) is 12.0 Å². The molecule has 1 N–H and O–H groups in total. The molecular weight excluding hydrogens is 270 g/mol. The van der Waals surface area contributed by atoms with Crippen LogP contribution >= 0.6 is 0 Å². The van der Waals surface area contributed by atoms with E-state index in [2.05, 4.69) is 17.3 Å². The number of ether oxygens (including phenoxy) is 2. The van der Waals surface area contributed by atoms with Crippen molar-refractivity contribution >= 4 is 6.09 Å². The molecule has 0 bridgehead atoms. The average molecular weight is 301 g/mol. The minimum absolute atomic E-state index is 0.205. The quantitative estimate of drug-likeness (QED) is 0.765. The average Bonchev–Trinajstić information content (AvgIpc) is 2.83. The number of likely N-dealkylation sites (tertiary alicyclic amines) is 1. The summed E-state index contributed by atoms with van der Waals surface area (Å²) in [7, 11) is 3.80. The summed E-state index contributed by atoms with van der Waals surface area (Å²) >= 11 is 0. The highest BCUT2D eigenvalue weighted by Crippen LogP contribution is 2.15. The summed E-state index contributed by atoms with van der Waals surface area (Å²) in [5, 5.41) is 3.50. The lowest BCUT2D eigenvalue weighted by Crippen LogP contribution is -2.40. The number of nitrogens with one attached hydrogen (secondary N) is 1. The molecule has 124 valence electrons. The van der Waals surface area contributed by atoms with Crippen LogP contribution in [0.4, 0.5) is 4.79 Å². The highest BCUT2D eigenvalue weighted by molar-refractivity contribution is 5.68. The van der Waals surface area contributed by atoms with Crippen LogP contribution in [-0.4, -0.2) is 81.0 Å². The van der Waals surface area contributed by atoms with E-state index >= 15 is 0 Å². The minimum atomic E-state index is -0.424. The van der Waals surface area contributed by atoms with Gasteiger partial charge in [-0.1, -0.05) is 0 Å². The van der Waals surface area contributed by atoms with Gasteiger partial charge in [-0.15, -0.1) is 0 Å². The van der Waals surface area contributed by atoms with Gasteiger partial charge >= 0.3 is 6.09 Å². The standard InChI is InChI=1S/C15H31N3O3/c1-15(2,3)21-14(19)18-8-6-13(12-18)16-7-9-17(4)10-11-20-5/h13,16H,6-12H2,1-5H3. The molecule has 1 aliphatic heterocycles. The van der Waals surface area contributed by atoms with Crippen molar-refractivity contribution in [1.82, 2.24) is 15.1 Å². The molecular formula is C15H31N3O3. The second-order valence-corrected chi connectivity index (χ2v) is 6.66. The zero-order valence-electron chi connectivity index (χ0n) is 14.1. The number of methoxy groups -OCH3 is 1. The number of hydrogen-bond donors (Lipinski definition) is 1. The zero-order valence-corrected chi connectivity index (χ0v) is 14.1. The Kier molecular flexibility index (Phi) is 7.42. The number of rotatable bonds is 7. The maximum Gasteiger partial charge on any atom is 0.410 e. The lowest BCUT2D eigenvalue weighted by molar-refractivity contribution is 0.0291. The Morgan fingerprint density at radius 3 is 2.71 bits per heavy atom. The third kappa shape index (κ3) is 7.64. The highest BCUT2D eigenvalue weighted by atomic mass is 16.6. The van der Waals surface area contributed by atoms with Gasteiger partial charge < -0.3 is 24.6 Å². The van der Waals surface area contributed by atoms with Crippen molar-refractivity contribution in [2.75, 3.05) is 53.5 Å². The Morgan fingerprint density at radius 2 is 2.10 bits per heavy atom. The molecule has 0 spiro atoms. The number of nitrogens with zero attached hydrogens (tertiary/aromatic N) is 2. The van der Waals surface area contributed by atoms with E-state index in [-0.39, 0.29) is 6.09 Å². The SMILES string of the molecule is COCCN(C)CCNC1CCN(C(=O)OC(C)(C)C)C1. The van der Waals surface area contributed by atoms with Gasteiger partial charge in [0.15, 0.2) is 0 Å². The predicted molar refractivity (Wildman–Crippen MR) is 83.6 cm³/mol. The first-order valence-corrected chi connectivity index (χ1v) is 7.70. The van der Waals surface area contributed by atoms with Gasteiger partial charge in [-0.3, -0.25) is 0 Å². The van der Waals surface area contributed by atoms with E-state index in [9.17, 15) is 4.79 Å². The van der Waals surface area contributed by atoms with Gasteiger partial charge in [-0.2, -0.15) is 0 Å². The minimum Gasteiger partial charge on any atom is -0.444 e. The number of likely N-dealkylation sites (N-methyl/N-ethyl adjacent to an activating group) is 1. The molecule has 1 rings (SSSR count). The molecule has 0 aliphatic carbocycles. The summed E-state index contributed by atoms with van der Waals surface area (Å²) in [6.45, 7) is 10.8. The topological polar surface area (TPSA) is 54.0 Å². The summed E-state index contributed by atoms with van der Waals surface area (Å²) in [5.41, 5.74) is -0.424. The van der Waals surface area contributed by atoms with E-state index in [1.165, 1.54) is 0 Å². The van der Waals surface area contributed by atoms with Crippen LogP contribution in [0.15, 0.2) is 0 Å². The third-order valence-corrected chi connectivity index (χ3v) is 3.44. The van der Waals surface area contributed by atoms with Crippen LogP contribution in [0.3, 0.4) is 0 Å². The van der Waals surface area contributed by atoms with E-state index in [1.807, 2.05) is 20.8 Å². The van der Waals surface area contributed by atoms with E-state index in [4.69, 9.17) is 9.47 Å². The normalized spacial score (nSPS) is 19.3. The molecule has 0 aromatic carbocycles. The van der Waals surface area contributed by atoms with Crippen LogP contribution < -0.4 is 5.32 Å². The van der Waals surface area contributed by atoms with Crippen molar-refractivity contribution in [3.8, 4) is 0 Å². The fourth-order valence-corrected chi connectivity index (χ4v) is 2.24. The maximum atomic E-state index is 12.0. The number of amides is 1. The van der Waals surface area contributed by atoms with Crippen molar-refractivity contribution in [3.63, 3.8) is 0 Å². The molecule has 0 saturated carbocycles. The highest BCUT2D eigenvalue weighted by Gasteiger charge is 2.29. The van der Waals surface area contributed by atoms with Gasteiger partial charge in [0.1, 0.15) is 5.60 Å². The molecule has 1 aliphatic rings. The summed E-state index contributed by atoms with van der Waals surface area (Å²) in [5.74, 6) is 0. The van der Waals surface area contributed by atoms with Crippen molar-refractivity contribution in [1.29, 1.82) is 0 Å². The monoisotopic (exact) mass is 301 g/mol. The fraction of sp³-hybridized carbons (Fsp3) is 0.933. The Labute approximate surface area is 128 Å². The molecule has 1 unspecified atom stereocenters. The maximum absolute atomic E-state index is 12.0. The lowest BCUT2D eigenvalue weighted by atomic mass is 10.2. The second-order valence-electron chi connectivity index (χ2n) is 6.66. The van der Waals surface area contributed by atoms with Gasteiger partial charge in [0.05, 0.1) is 6.61 Å². The molecule has 0 aromatic rings. The van der Waals surface area contributed by atoms with E-state index in [0.717, 1.165) is 45.8 Å². The van der Waals surface area contributed by atoms with Crippen molar-refractivity contribution in [2.24, 2.45) is 0 Å². The van der Waals surface area contributed by atoms with Crippen LogP contribution in [0.5, 0.6) is 0 Å². The van der Waals surface area contributed by atoms with Crippen LogP contribution in [0.25, 0.3) is 0 Å². The third-order valence-electron chi connectivity index (χ3n) is 3.44. The zero-order chi connectivity index (χ0) is 15.9. The number of carbonyl (C=O) groups excluding carboxylic acids is 1. The first-order chi connectivity index (χ1) is 9.81. The largest absolute Gasteiger partial charge is 0.444 e. The van der Waals surface area contributed by atoms with Crippen LogP contribution in [-0.2, 0) is 9.47 Å². The molecule has 1 saturated heterocycles. The van der Waals surface area contributed by atoms with Gasteiger partial charge in [-0.25, -0.2) is 4.79 Å². The van der Waals surface area contributed by atoms with Gasteiger partial charge in [-0.05, 0) is 34.2 Å². The first kappa shape index (κ1) is 18.2. The molecule has 1 atom stereocenters. The van der Waals surface area contributed by atoms with Crippen molar-refractivity contribution in [3.05, 3.63) is 0 Å². The summed E-state index contributed by atoms with van der Waals surface area (Å²) in [6.07, 6.45) is 0.783. The number of hydrogen-bond acceptors (Lipinski definition) is 5. The van der Waals surface area contributed by atoms with Crippen molar-refractivity contribution in [2.45, 2.75) is 38.8 Å². The second kappa shape index (κ2) is 8.56. The summed E-state index contributed by atoms with van der Waals surface area (Å²) in [6, 6.07) is 0.369. The predicted octanol–water partition coefficient (Wildman–Crippen LogP) is 1.16. The molecule has 0 aromatic heterocycles.